The quantitative estimate of drug-likeness (QED) is 0.753. The molecule has 6 heteroatoms. The Morgan fingerprint density at radius 3 is 2.52 bits per heavy atom. The van der Waals surface area contributed by atoms with Crippen molar-refractivity contribution in [3.63, 3.8) is 0 Å². The van der Waals surface area contributed by atoms with Crippen LogP contribution < -0.4 is 10.1 Å². The van der Waals surface area contributed by atoms with Crippen LogP contribution in [0, 0.1) is 0 Å². The topological polar surface area (TPSA) is 51.2 Å². The largest absolute Gasteiger partial charge is 0.481 e. The van der Waals surface area contributed by atoms with Crippen LogP contribution in [0.2, 0.25) is 10.0 Å². The Hall–Kier alpha value is -2.30. The first-order chi connectivity index (χ1) is 11.1. The summed E-state index contributed by atoms with van der Waals surface area (Å²) in [6.07, 6.45) is 1.68. The number of halogens is 2. The van der Waals surface area contributed by atoms with Gasteiger partial charge in [0.2, 0.25) is 0 Å². The lowest BCUT2D eigenvalue weighted by atomic mass is 10.2. The molecule has 4 nitrogen and oxygen atoms in total. The highest BCUT2D eigenvalue weighted by Gasteiger charge is 2.11. The summed E-state index contributed by atoms with van der Waals surface area (Å²) >= 11 is 12.0. The van der Waals surface area contributed by atoms with Crippen molar-refractivity contribution in [2.75, 3.05) is 11.9 Å². The van der Waals surface area contributed by atoms with Gasteiger partial charge in [0, 0.05) is 11.6 Å². The molecule has 0 aliphatic rings. The van der Waals surface area contributed by atoms with Crippen molar-refractivity contribution < 1.29 is 9.53 Å². The molecule has 1 N–H and O–H groups in total. The van der Waals surface area contributed by atoms with E-state index in [1.807, 2.05) is 24.3 Å². The third-order valence-electron chi connectivity index (χ3n) is 3.18. The van der Waals surface area contributed by atoms with E-state index in [0.717, 1.165) is 5.39 Å². The van der Waals surface area contributed by atoms with E-state index < -0.39 is 0 Å². The van der Waals surface area contributed by atoms with Gasteiger partial charge >= 0.3 is 0 Å². The van der Waals surface area contributed by atoms with Crippen molar-refractivity contribution in [1.29, 1.82) is 0 Å². The van der Waals surface area contributed by atoms with E-state index in [-0.39, 0.29) is 12.5 Å². The van der Waals surface area contributed by atoms with Gasteiger partial charge in [-0.3, -0.25) is 9.78 Å². The molecule has 0 fully saturated rings. The maximum Gasteiger partial charge on any atom is 0.262 e. The van der Waals surface area contributed by atoms with Crippen molar-refractivity contribution in [3.8, 4) is 5.75 Å². The van der Waals surface area contributed by atoms with Crippen LogP contribution in [0.5, 0.6) is 5.75 Å². The van der Waals surface area contributed by atoms with Crippen molar-refractivity contribution >= 4 is 45.7 Å². The monoisotopic (exact) mass is 346 g/mol. The Morgan fingerprint density at radius 1 is 1.04 bits per heavy atom. The number of rotatable bonds is 4. The number of carbonyl (C=O) groups is 1. The molecule has 3 rings (SSSR count). The number of nitrogens with zero attached hydrogens (tertiary/aromatic N) is 1. The normalized spacial score (nSPS) is 10.5. The third kappa shape index (κ3) is 3.55. The van der Waals surface area contributed by atoms with Crippen molar-refractivity contribution in [3.05, 3.63) is 64.8 Å². The van der Waals surface area contributed by atoms with E-state index in [2.05, 4.69) is 10.3 Å². The summed E-state index contributed by atoms with van der Waals surface area (Å²) in [5.41, 5.74) is 1.08. The fourth-order valence-electron chi connectivity index (χ4n) is 2.13. The summed E-state index contributed by atoms with van der Waals surface area (Å²) in [7, 11) is 0. The molecular weight excluding hydrogens is 335 g/mol. The van der Waals surface area contributed by atoms with Crippen LogP contribution in [-0.2, 0) is 4.79 Å². The summed E-state index contributed by atoms with van der Waals surface area (Å²) in [5, 5.41) is 4.34. The molecule has 0 aliphatic carbocycles. The molecule has 3 aromatic rings. The Morgan fingerprint density at radius 2 is 1.74 bits per heavy atom. The van der Waals surface area contributed by atoms with Crippen molar-refractivity contribution in [2.45, 2.75) is 0 Å². The van der Waals surface area contributed by atoms with Gasteiger partial charge in [-0.2, -0.15) is 0 Å². The van der Waals surface area contributed by atoms with E-state index in [0.29, 0.717) is 27.0 Å². The zero-order chi connectivity index (χ0) is 16.2. The van der Waals surface area contributed by atoms with Gasteiger partial charge in [-0.05, 0) is 24.3 Å². The number of anilines is 1. The lowest BCUT2D eigenvalue weighted by molar-refractivity contribution is -0.118. The number of nitrogens with one attached hydrogen (secondary N) is 1. The molecule has 0 bridgehead atoms. The van der Waals surface area contributed by atoms with Crippen LogP contribution in [-0.4, -0.2) is 17.5 Å². The zero-order valence-electron chi connectivity index (χ0n) is 11.9. The number of amides is 1. The average molecular weight is 347 g/mol. The van der Waals surface area contributed by atoms with Crippen LogP contribution in [0.1, 0.15) is 0 Å². The highest BCUT2D eigenvalue weighted by molar-refractivity contribution is 6.39. The van der Waals surface area contributed by atoms with E-state index >= 15 is 0 Å². The maximum absolute atomic E-state index is 12.1. The summed E-state index contributed by atoms with van der Waals surface area (Å²) < 4.78 is 5.57. The molecule has 0 aliphatic heterocycles. The summed E-state index contributed by atoms with van der Waals surface area (Å²) in [4.78, 5) is 16.3. The zero-order valence-corrected chi connectivity index (χ0v) is 13.4. The van der Waals surface area contributed by atoms with Crippen LogP contribution in [0.3, 0.4) is 0 Å². The van der Waals surface area contributed by atoms with Gasteiger partial charge in [0.25, 0.3) is 5.91 Å². The Bertz CT molecular complexity index is 843. The number of hydrogen-bond donors (Lipinski definition) is 1. The SMILES string of the molecule is O=C(COc1cccc2cccnc12)Nc1c(Cl)cccc1Cl. The minimum Gasteiger partial charge on any atom is -0.481 e. The van der Waals surface area contributed by atoms with Gasteiger partial charge in [-0.15, -0.1) is 0 Å². The van der Waals surface area contributed by atoms with E-state index in [1.165, 1.54) is 0 Å². The number of hydrogen-bond acceptors (Lipinski definition) is 3. The first-order valence-electron chi connectivity index (χ1n) is 6.85. The predicted octanol–water partition coefficient (Wildman–Crippen LogP) is 4.56. The number of benzene rings is 2. The fraction of sp³-hybridized carbons (Fsp3) is 0.0588. The van der Waals surface area contributed by atoms with Crippen LogP contribution in [0.25, 0.3) is 10.9 Å². The summed E-state index contributed by atoms with van der Waals surface area (Å²) in [6, 6.07) is 14.3. The molecule has 2 aromatic carbocycles. The molecule has 1 amide bonds. The molecule has 1 heterocycles. The molecule has 0 saturated carbocycles. The summed E-state index contributed by atoms with van der Waals surface area (Å²) in [5.74, 6) is 0.191. The molecule has 0 radical (unpaired) electrons. The summed E-state index contributed by atoms with van der Waals surface area (Å²) in [6.45, 7) is -0.169. The predicted molar refractivity (Wildman–Crippen MR) is 92.3 cm³/mol. The number of ether oxygens (including phenoxy) is 1. The van der Waals surface area contributed by atoms with Gasteiger partial charge < -0.3 is 10.1 Å². The number of para-hydroxylation sites is 2. The minimum atomic E-state index is -0.354. The lowest BCUT2D eigenvalue weighted by Gasteiger charge is -2.11. The molecule has 0 atom stereocenters. The van der Waals surface area contributed by atoms with Crippen molar-refractivity contribution in [2.24, 2.45) is 0 Å². The number of aromatic nitrogens is 1. The Kier molecular flexibility index (Phi) is 4.65. The molecule has 0 spiro atoms. The Labute approximate surface area is 143 Å². The third-order valence-corrected chi connectivity index (χ3v) is 3.81. The van der Waals surface area contributed by atoms with E-state index in [1.54, 1.807) is 30.5 Å². The average Bonchev–Trinajstić information content (AvgIpc) is 2.56. The van der Waals surface area contributed by atoms with Gasteiger partial charge in [-0.1, -0.05) is 47.5 Å². The minimum absolute atomic E-state index is 0.169. The smallest absolute Gasteiger partial charge is 0.262 e. The van der Waals surface area contributed by atoms with Gasteiger partial charge in [0.1, 0.15) is 11.3 Å². The van der Waals surface area contributed by atoms with Crippen LogP contribution >= 0.6 is 23.2 Å². The molecule has 23 heavy (non-hydrogen) atoms. The standard InChI is InChI=1S/C17H12Cl2N2O2/c18-12-6-2-7-13(19)17(12)21-15(22)10-23-14-8-1-4-11-5-3-9-20-16(11)14/h1-9H,10H2,(H,21,22). The van der Waals surface area contributed by atoms with E-state index in [4.69, 9.17) is 27.9 Å². The van der Waals surface area contributed by atoms with Gasteiger partial charge in [0.15, 0.2) is 6.61 Å². The molecule has 116 valence electrons. The highest BCUT2D eigenvalue weighted by atomic mass is 35.5. The maximum atomic E-state index is 12.1. The van der Waals surface area contributed by atoms with Gasteiger partial charge in [0.05, 0.1) is 15.7 Å². The molecule has 0 saturated heterocycles. The van der Waals surface area contributed by atoms with Crippen LogP contribution in [0.15, 0.2) is 54.7 Å². The second kappa shape index (κ2) is 6.86. The fourth-order valence-corrected chi connectivity index (χ4v) is 2.62. The van der Waals surface area contributed by atoms with Crippen LogP contribution in [0.4, 0.5) is 5.69 Å². The lowest BCUT2D eigenvalue weighted by Crippen LogP contribution is -2.20. The first kappa shape index (κ1) is 15.6. The Balaban J connectivity index is 1.71. The highest BCUT2D eigenvalue weighted by Crippen LogP contribution is 2.29. The molecule has 1 aromatic heterocycles. The van der Waals surface area contributed by atoms with Gasteiger partial charge in [-0.25, -0.2) is 0 Å². The van der Waals surface area contributed by atoms with Crippen molar-refractivity contribution in [1.82, 2.24) is 4.98 Å². The second-order valence-corrected chi connectivity index (χ2v) is 5.58. The number of fused-ring (bicyclic) bond motifs is 1. The number of carbonyl (C=O) groups excluding carboxylic acids is 1. The number of pyridine rings is 1. The molecule has 0 unspecified atom stereocenters. The second-order valence-electron chi connectivity index (χ2n) is 4.76. The first-order valence-corrected chi connectivity index (χ1v) is 7.61. The van der Waals surface area contributed by atoms with E-state index in [9.17, 15) is 4.79 Å². The molecular formula is C17H12Cl2N2O2.